The summed E-state index contributed by atoms with van der Waals surface area (Å²) in [6, 6.07) is 20.2. The molecule has 0 aliphatic rings. The Morgan fingerprint density at radius 2 is 1.79 bits per heavy atom. The molecule has 1 unspecified atom stereocenters. The maximum absolute atomic E-state index is 13.0. The van der Waals surface area contributed by atoms with Crippen molar-refractivity contribution in [3.8, 4) is 11.3 Å². The number of carbonyl (C=O) groups excluding carboxylic acids is 1. The van der Waals surface area contributed by atoms with Crippen LogP contribution < -0.4 is 10.0 Å². The Morgan fingerprint density at radius 3 is 2.53 bits per heavy atom. The van der Waals surface area contributed by atoms with E-state index in [1.54, 1.807) is 31.3 Å². The Bertz CT molecular complexity index is 1440. The molecule has 0 fully saturated rings. The minimum Gasteiger partial charge on any atom is -0.342 e. The topological polar surface area (TPSA) is 104 Å². The van der Waals surface area contributed by atoms with Crippen LogP contribution in [0.5, 0.6) is 0 Å². The fraction of sp³-hybridized carbons (Fsp3) is 0.120. The molecule has 9 heteroatoms. The number of anilines is 1. The van der Waals surface area contributed by atoms with Crippen LogP contribution in [0.25, 0.3) is 11.3 Å². The molecule has 0 radical (unpaired) electrons. The second-order valence-electron chi connectivity index (χ2n) is 7.86. The molecule has 3 N–H and O–H groups in total. The third kappa shape index (κ3) is 5.30. The lowest BCUT2D eigenvalue weighted by Gasteiger charge is -2.14. The molecule has 3 aromatic carbocycles. The van der Waals surface area contributed by atoms with E-state index in [1.165, 1.54) is 18.2 Å². The van der Waals surface area contributed by atoms with Gasteiger partial charge < -0.3 is 10.3 Å². The van der Waals surface area contributed by atoms with Crippen molar-refractivity contribution in [2.45, 2.75) is 24.8 Å². The fourth-order valence-corrected chi connectivity index (χ4v) is 4.71. The molecule has 1 amide bonds. The fourth-order valence-electron chi connectivity index (χ4n) is 3.43. The van der Waals surface area contributed by atoms with Crippen molar-refractivity contribution in [3.63, 3.8) is 0 Å². The molecule has 34 heavy (non-hydrogen) atoms. The Kier molecular flexibility index (Phi) is 6.72. The first-order valence-corrected chi connectivity index (χ1v) is 12.4. The van der Waals surface area contributed by atoms with Crippen molar-refractivity contribution in [1.82, 2.24) is 15.3 Å². The normalized spacial score (nSPS) is 12.2. The van der Waals surface area contributed by atoms with Gasteiger partial charge in [-0.15, -0.1) is 0 Å². The molecule has 7 nitrogen and oxygen atoms in total. The van der Waals surface area contributed by atoms with Crippen molar-refractivity contribution < 1.29 is 13.2 Å². The Balaban J connectivity index is 1.52. The second kappa shape index (κ2) is 9.70. The first-order valence-electron chi connectivity index (χ1n) is 10.5. The summed E-state index contributed by atoms with van der Waals surface area (Å²) in [5.74, 6) is 0.0518. The number of hydrogen-bond donors (Lipinski definition) is 3. The van der Waals surface area contributed by atoms with Crippen LogP contribution in [0, 0.1) is 6.92 Å². The van der Waals surface area contributed by atoms with Gasteiger partial charge in [-0.25, -0.2) is 13.4 Å². The summed E-state index contributed by atoms with van der Waals surface area (Å²) >= 11 is 6.24. The van der Waals surface area contributed by atoms with E-state index in [4.69, 9.17) is 11.6 Å². The zero-order chi connectivity index (χ0) is 24.3. The highest BCUT2D eigenvalue weighted by atomic mass is 35.5. The van der Waals surface area contributed by atoms with E-state index >= 15 is 0 Å². The highest BCUT2D eigenvalue weighted by molar-refractivity contribution is 7.92. The Labute approximate surface area is 203 Å². The van der Waals surface area contributed by atoms with Gasteiger partial charge >= 0.3 is 0 Å². The maximum Gasteiger partial charge on any atom is 0.261 e. The van der Waals surface area contributed by atoms with Gasteiger partial charge in [-0.05, 0) is 55.3 Å². The number of aromatic amines is 1. The van der Waals surface area contributed by atoms with Gasteiger partial charge in [0.15, 0.2) is 0 Å². The van der Waals surface area contributed by atoms with Gasteiger partial charge in [0.2, 0.25) is 0 Å². The number of imidazole rings is 1. The standard InChI is InChI=1S/C25H23ClN4O3S/c1-16-7-6-10-19(13-16)30-34(32,33)20-11-12-22(26)21(14-20)25(31)28-17(2)24-27-15-23(29-24)18-8-4-3-5-9-18/h3-15,17,30H,1-2H3,(H,27,29)(H,28,31). The van der Waals surface area contributed by atoms with Crippen LogP contribution in [0.4, 0.5) is 5.69 Å². The maximum atomic E-state index is 13.0. The molecule has 0 aliphatic carbocycles. The summed E-state index contributed by atoms with van der Waals surface area (Å²) in [6.07, 6.45) is 1.70. The number of aryl methyl sites for hydroxylation is 1. The molecular formula is C25H23ClN4O3S. The Morgan fingerprint density at radius 1 is 1.03 bits per heavy atom. The molecule has 4 rings (SSSR count). The highest BCUT2D eigenvalue weighted by Gasteiger charge is 2.21. The smallest absolute Gasteiger partial charge is 0.261 e. The van der Waals surface area contributed by atoms with E-state index in [0.29, 0.717) is 11.5 Å². The van der Waals surface area contributed by atoms with Gasteiger partial charge in [0, 0.05) is 5.69 Å². The lowest BCUT2D eigenvalue weighted by Crippen LogP contribution is -2.28. The summed E-state index contributed by atoms with van der Waals surface area (Å²) in [4.78, 5) is 20.5. The van der Waals surface area contributed by atoms with Crippen molar-refractivity contribution >= 4 is 33.2 Å². The van der Waals surface area contributed by atoms with Crippen LogP contribution in [-0.2, 0) is 10.0 Å². The zero-order valence-electron chi connectivity index (χ0n) is 18.5. The van der Waals surface area contributed by atoms with Crippen LogP contribution in [0.1, 0.15) is 34.7 Å². The molecule has 1 heterocycles. The largest absolute Gasteiger partial charge is 0.342 e. The third-order valence-electron chi connectivity index (χ3n) is 5.20. The second-order valence-corrected chi connectivity index (χ2v) is 9.95. The van der Waals surface area contributed by atoms with Crippen molar-refractivity contribution in [3.05, 3.63) is 101 Å². The van der Waals surface area contributed by atoms with E-state index in [1.807, 2.05) is 43.3 Å². The number of carbonyl (C=O) groups is 1. The van der Waals surface area contributed by atoms with Gasteiger partial charge in [0.1, 0.15) is 5.82 Å². The van der Waals surface area contributed by atoms with Gasteiger partial charge in [-0.3, -0.25) is 9.52 Å². The highest BCUT2D eigenvalue weighted by Crippen LogP contribution is 2.24. The van der Waals surface area contributed by atoms with E-state index in [2.05, 4.69) is 20.0 Å². The van der Waals surface area contributed by atoms with Crippen LogP contribution in [0.2, 0.25) is 5.02 Å². The molecule has 0 aliphatic heterocycles. The zero-order valence-corrected chi connectivity index (χ0v) is 20.1. The van der Waals surface area contributed by atoms with Gasteiger partial charge in [0.05, 0.1) is 33.4 Å². The molecule has 1 aromatic heterocycles. The number of benzene rings is 3. The van der Waals surface area contributed by atoms with Gasteiger partial charge in [0.25, 0.3) is 15.9 Å². The molecule has 4 aromatic rings. The van der Waals surface area contributed by atoms with Crippen molar-refractivity contribution in [2.24, 2.45) is 0 Å². The predicted molar refractivity (Wildman–Crippen MR) is 133 cm³/mol. The molecule has 0 saturated heterocycles. The quantitative estimate of drug-likeness (QED) is 0.323. The van der Waals surface area contributed by atoms with Crippen molar-refractivity contribution in [2.75, 3.05) is 4.72 Å². The van der Waals surface area contributed by atoms with Gasteiger partial charge in [-0.1, -0.05) is 54.1 Å². The molecular weight excluding hydrogens is 472 g/mol. The first-order chi connectivity index (χ1) is 16.2. The average molecular weight is 495 g/mol. The number of halogens is 1. The average Bonchev–Trinajstić information content (AvgIpc) is 3.30. The SMILES string of the molecule is Cc1cccc(NS(=O)(=O)c2ccc(Cl)c(C(=O)NC(C)c3ncc(-c4ccccc4)[nH]3)c2)c1. The number of H-pyrrole nitrogens is 1. The summed E-state index contributed by atoms with van der Waals surface area (Å²) < 4.78 is 28.3. The van der Waals surface area contributed by atoms with Crippen molar-refractivity contribution in [1.29, 1.82) is 0 Å². The number of sulfonamides is 1. The predicted octanol–water partition coefficient (Wildman–Crippen LogP) is 5.33. The monoisotopic (exact) mass is 494 g/mol. The third-order valence-corrected chi connectivity index (χ3v) is 6.91. The number of nitrogens with zero attached hydrogens (tertiary/aromatic N) is 1. The van der Waals surface area contributed by atoms with Crippen LogP contribution in [-0.4, -0.2) is 24.3 Å². The summed E-state index contributed by atoms with van der Waals surface area (Å²) in [5.41, 5.74) is 3.20. The van der Waals surface area contributed by atoms with Crippen LogP contribution >= 0.6 is 11.6 Å². The number of aromatic nitrogens is 2. The molecule has 0 spiro atoms. The number of nitrogens with one attached hydrogen (secondary N) is 3. The molecule has 174 valence electrons. The first kappa shape index (κ1) is 23.5. The molecule has 1 atom stereocenters. The minimum atomic E-state index is -3.92. The van der Waals surface area contributed by atoms with Crippen LogP contribution in [0.15, 0.2) is 83.9 Å². The number of amides is 1. The molecule has 0 bridgehead atoms. The van der Waals surface area contributed by atoms with E-state index < -0.39 is 22.0 Å². The Hall–Kier alpha value is -3.62. The molecule has 0 saturated carbocycles. The summed E-state index contributed by atoms with van der Waals surface area (Å²) in [5, 5.41) is 2.96. The van der Waals surface area contributed by atoms with E-state index in [-0.39, 0.29) is 15.5 Å². The van der Waals surface area contributed by atoms with E-state index in [0.717, 1.165) is 16.8 Å². The van der Waals surface area contributed by atoms with Crippen LogP contribution in [0.3, 0.4) is 0 Å². The van der Waals surface area contributed by atoms with Gasteiger partial charge in [-0.2, -0.15) is 0 Å². The van der Waals surface area contributed by atoms with E-state index in [9.17, 15) is 13.2 Å². The lowest BCUT2D eigenvalue weighted by atomic mass is 10.2. The number of hydrogen-bond acceptors (Lipinski definition) is 4. The minimum absolute atomic E-state index is 0.0514. The lowest BCUT2D eigenvalue weighted by molar-refractivity contribution is 0.0938. The summed E-state index contributed by atoms with van der Waals surface area (Å²) in [6.45, 7) is 3.64. The number of rotatable bonds is 7. The summed E-state index contributed by atoms with van der Waals surface area (Å²) in [7, 11) is -3.92.